The van der Waals surface area contributed by atoms with Crippen molar-refractivity contribution in [1.29, 1.82) is 0 Å². The highest BCUT2D eigenvalue weighted by Crippen LogP contribution is 1.97. The molecule has 0 rings (SSSR count). The van der Waals surface area contributed by atoms with Crippen LogP contribution in [0.1, 0.15) is 6.92 Å². The summed E-state index contributed by atoms with van der Waals surface area (Å²) in [5.41, 5.74) is 5.53. The molecule has 4 heteroatoms. The molecule has 0 aromatic rings. The fraction of sp³-hybridized carbons (Fsp3) is 0.889. The highest BCUT2D eigenvalue weighted by atomic mass is 32.1. The molecule has 0 saturated carbocycles. The molecule has 0 aliphatic carbocycles. The lowest BCUT2D eigenvalue weighted by Crippen LogP contribution is -2.35. The van der Waals surface area contributed by atoms with Gasteiger partial charge in [0.1, 0.15) is 0 Å². The predicted molar refractivity (Wildman–Crippen MR) is 62.0 cm³/mol. The summed E-state index contributed by atoms with van der Waals surface area (Å²) in [6, 6.07) is 0. The molecule has 0 saturated heterocycles. The summed E-state index contributed by atoms with van der Waals surface area (Å²) in [6.07, 6.45) is 0. The number of hydrogen-bond donors (Lipinski definition) is 1. The van der Waals surface area contributed by atoms with E-state index in [0.717, 1.165) is 19.6 Å². The van der Waals surface area contributed by atoms with Gasteiger partial charge in [0.15, 0.2) is 0 Å². The summed E-state index contributed by atoms with van der Waals surface area (Å²) in [6.45, 7) is 5.14. The first-order chi connectivity index (χ1) is 5.93. The van der Waals surface area contributed by atoms with Crippen LogP contribution in [-0.4, -0.2) is 55.6 Å². The monoisotopic (exact) mass is 203 g/mol. The number of rotatable bonds is 6. The molecule has 0 aromatic carbocycles. The van der Waals surface area contributed by atoms with Crippen LogP contribution in [0.5, 0.6) is 0 Å². The van der Waals surface area contributed by atoms with Gasteiger partial charge in [0, 0.05) is 25.6 Å². The van der Waals surface area contributed by atoms with Crippen molar-refractivity contribution in [2.75, 3.05) is 40.8 Å². The molecule has 0 bridgehead atoms. The van der Waals surface area contributed by atoms with Gasteiger partial charge in [-0.1, -0.05) is 19.1 Å². The van der Waals surface area contributed by atoms with Crippen molar-refractivity contribution in [2.45, 2.75) is 6.92 Å². The van der Waals surface area contributed by atoms with Gasteiger partial charge in [-0.25, -0.2) is 0 Å². The van der Waals surface area contributed by atoms with Gasteiger partial charge < -0.3 is 15.5 Å². The Labute approximate surface area is 86.9 Å². The lowest BCUT2D eigenvalue weighted by molar-refractivity contribution is 0.271. The molecule has 0 spiro atoms. The molecular formula is C9H21N3S. The zero-order valence-electron chi connectivity index (χ0n) is 9.08. The Morgan fingerprint density at radius 1 is 1.31 bits per heavy atom. The van der Waals surface area contributed by atoms with E-state index >= 15 is 0 Å². The molecule has 0 heterocycles. The maximum absolute atomic E-state index is 5.53. The summed E-state index contributed by atoms with van der Waals surface area (Å²) < 4.78 is 0. The van der Waals surface area contributed by atoms with E-state index in [9.17, 15) is 0 Å². The minimum atomic E-state index is 0.308. The maximum atomic E-state index is 5.53. The normalized spacial score (nSPS) is 13.7. The Morgan fingerprint density at radius 3 is 2.23 bits per heavy atom. The molecule has 0 amide bonds. The molecule has 13 heavy (non-hydrogen) atoms. The number of nitrogens with two attached hydrogens (primary N) is 1. The highest BCUT2D eigenvalue weighted by Gasteiger charge is 2.08. The second-order valence-electron chi connectivity index (χ2n) is 3.87. The predicted octanol–water partition coefficient (Wildman–Crippen LogP) is 0.402. The third-order valence-corrected chi connectivity index (χ3v) is 2.40. The lowest BCUT2D eigenvalue weighted by atomic mass is 10.2. The third-order valence-electron chi connectivity index (χ3n) is 2.00. The van der Waals surface area contributed by atoms with Crippen LogP contribution in [0.15, 0.2) is 0 Å². The lowest BCUT2D eigenvalue weighted by Gasteiger charge is -2.22. The van der Waals surface area contributed by atoms with Gasteiger partial charge >= 0.3 is 0 Å². The molecule has 78 valence electrons. The fourth-order valence-electron chi connectivity index (χ4n) is 1.02. The quantitative estimate of drug-likeness (QED) is 0.634. The van der Waals surface area contributed by atoms with E-state index in [0.29, 0.717) is 10.9 Å². The van der Waals surface area contributed by atoms with Crippen LogP contribution in [0.4, 0.5) is 0 Å². The van der Waals surface area contributed by atoms with Gasteiger partial charge in [-0.2, -0.15) is 0 Å². The Hall–Kier alpha value is -0.190. The topological polar surface area (TPSA) is 32.5 Å². The van der Waals surface area contributed by atoms with Crippen LogP contribution in [0.3, 0.4) is 0 Å². The van der Waals surface area contributed by atoms with Gasteiger partial charge in [-0.15, -0.1) is 0 Å². The number of nitrogens with zero attached hydrogens (tertiary/aromatic N) is 2. The Bertz CT molecular complexity index is 159. The van der Waals surface area contributed by atoms with Crippen molar-refractivity contribution < 1.29 is 0 Å². The highest BCUT2D eigenvalue weighted by molar-refractivity contribution is 7.80. The zero-order chi connectivity index (χ0) is 10.4. The maximum Gasteiger partial charge on any atom is 0.0768 e. The SMILES string of the molecule is CC(CN(C)CCN(C)C)C(N)=S. The van der Waals surface area contributed by atoms with Crippen LogP contribution in [-0.2, 0) is 0 Å². The van der Waals surface area contributed by atoms with Crippen LogP contribution < -0.4 is 5.73 Å². The number of thiocarbonyl (C=S) groups is 1. The van der Waals surface area contributed by atoms with Crippen LogP contribution in [0.2, 0.25) is 0 Å². The molecule has 0 aromatic heterocycles. The standard InChI is InChI=1S/C9H21N3S/c1-8(9(10)13)7-12(4)6-5-11(2)3/h8H,5-7H2,1-4H3,(H2,10,13). The molecule has 1 unspecified atom stereocenters. The van der Waals surface area contributed by atoms with Crippen molar-refractivity contribution >= 4 is 17.2 Å². The Morgan fingerprint density at radius 2 is 1.85 bits per heavy atom. The summed E-state index contributed by atoms with van der Waals surface area (Å²) in [5.74, 6) is 0.308. The molecule has 0 aliphatic rings. The van der Waals surface area contributed by atoms with E-state index < -0.39 is 0 Å². The zero-order valence-corrected chi connectivity index (χ0v) is 9.90. The molecule has 0 radical (unpaired) electrons. The van der Waals surface area contributed by atoms with E-state index in [-0.39, 0.29) is 0 Å². The van der Waals surface area contributed by atoms with Crippen LogP contribution in [0.25, 0.3) is 0 Å². The van der Waals surface area contributed by atoms with Crippen molar-refractivity contribution in [3.8, 4) is 0 Å². The van der Waals surface area contributed by atoms with Gasteiger partial charge in [0.2, 0.25) is 0 Å². The van der Waals surface area contributed by atoms with Gasteiger partial charge in [-0.05, 0) is 21.1 Å². The first-order valence-electron chi connectivity index (χ1n) is 4.56. The summed E-state index contributed by atoms with van der Waals surface area (Å²) in [7, 11) is 6.24. The first kappa shape index (κ1) is 12.8. The van der Waals surface area contributed by atoms with Crippen molar-refractivity contribution in [3.05, 3.63) is 0 Å². The first-order valence-corrected chi connectivity index (χ1v) is 4.97. The minimum Gasteiger partial charge on any atom is -0.393 e. The Balaban J connectivity index is 3.61. The second kappa shape index (κ2) is 6.29. The summed E-state index contributed by atoms with van der Waals surface area (Å²) in [5, 5.41) is 0. The van der Waals surface area contributed by atoms with Gasteiger partial charge in [0.25, 0.3) is 0 Å². The van der Waals surface area contributed by atoms with Crippen LogP contribution >= 0.6 is 12.2 Å². The summed E-state index contributed by atoms with van der Waals surface area (Å²) >= 11 is 4.91. The van der Waals surface area contributed by atoms with Crippen molar-refractivity contribution in [1.82, 2.24) is 9.80 Å². The molecular weight excluding hydrogens is 182 g/mol. The third kappa shape index (κ3) is 6.93. The number of likely N-dealkylation sites (N-methyl/N-ethyl adjacent to an activating group) is 2. The summed E-state index contributed by atoms with van der Waals surface area (Å²) in [4.78, 5) is 5.03. The second-order valence-corrected chi connectivity index (χ2v) is 4.34. The van der Waals surface area contributed by atoms with E-state index in [1.165, 1.54) is 0 Å². The molecule has 0 aliphatic heterocycles. The molecule has 1 atom stereocenters. The average molecular weight is 203 g/mol. The fourth-order valence-corrected chi connectivity index (χ4v) is 1.09. The molecule has 0 fully saturated rings. The van der Waals surface area contributed by atoms with E-state index in [1.54, 1.807) is 0 Å². The van der Waals surface area contributed by atoms with Crippen molar-refractivity contribution in [2.24, 2.45) is 11.7 Å². The van der Waals surface area contributed by atoms with E-state index in [1.807, 2.05) is 0 Å². The van der Waals surface area contributed by atoms with Gasteiger partial charge in [-0.3, -0.25) is 0 Å². The van der Waals surface area contributed by atoms with Crippen LogP contribution in [0, 0.1) is 5.92 Å². The van der Waals surface area contributed by atoms with Gasteiger partial charge in [0.05, 0.1) is 4.99 Å². The molecule has 2 N–H and O–H groups in total. The van der Waals surface area contributed by atoms with E-state index in [2.05, 4.69) is 37.9 Å². The largest absolute Gasteiger partial charge is 0.393 e. The molecule has 3 nitrogen and oxygen atoms in total. The minimum absolute atomic E-state index is 0.308. The van der Waals surface area contributed by atoms with Crippen molar-refractivity contribution in [3.63, 3.8) is 0 Å². The number of hydrogen-bond acceptors (Lipinski definition) is 3. The average Bonchev–Trinajstić information content (AvgIpc) is 2.00. The van der Waals surface area contributed by atoms with E-state index in [4.69, 9.17) is 18.0 Å². The Kier molecular flexibility index (Phi) is 6.20. The smallest absolute Gasteiger partial charge is 0.0768 e.